The van der Waals surface area contributed by atoms with Crippen molar-refractivity contribution in [2.24, 2.45) is 0 Å². The first-order valence-electron chi connectivity index (χ1n) is 9.28. The van der Waals surface area contributed by atoms with Gasteiger partial charge in [-0.15, -0.1) is 0 Å². The number of nitrogens with zero attached hydrogens (tertiary/aromatic N) is 1. The number of benzene rings is 1. The van der Waals surface area contributed by atoms with Crippen molar-refractivity contribution in [1.29, 1.82) is 0 Å². The number of hydrogen-bond acceptors (Lipinski definition) is 5. The second-order valence-electron chi connectivity index (χ2n) is 6.37. The molecule has 1 atom stereocenters. The van der Waals surface area contributed by atoms with Crippen molar-refractivity contribution in [3.8, 4) is 5.75 Å². The first kappa shape index (κ1) is 20.2. The van der Waals surface area contributed by atoms with Crippen LogP contribution in [-0.2, 0) is 9.59 Å². The average Bonchev–Trinajstić information content (AvgIpc) is 2.62. The number of nitrogens with one attached hydrogen (secondary N) is 3. The lowest BCUT2D eigenvalue weighted by Gasteiger charge is -2.27. The number of para-hydroxylation sites is 1. The van der Waals surface area contributed by atoms with Gasteiger partial charge >= 0.3 is 0 Å². The number of carbonyl (C=O) groups is 2. The molecule has 1 unspecified atom stereocenters. The molecule has 0 spiro atoms. The van der Waals surface area contributed by atoms with Gasteiger partial charge < -0.3 is 20.7 Å². The molecule has 1 aliphatic rings. The van der Waals surface area contributed by atoms with Gasteiger partial charge in [0.2, 0.25) is 11.8 Å². The van der Waals surface area contributed by atoms with Crippen LogP contribution in [0, 0.1) is 0 Å². The second-order valence-corrected chi connectivity index (χ2v) is 6.37. The zero-order valence-electron chi connectivity index (χ0n) is 15.7. The number of carbonyl (C=O) groups excluding carboxylic acids is 2. The van der Waals surface area contributed by atoms with Gasteiger partial charge in [-0.25, -0.2) is 0 Å². The van der Waals surface area contributed by atoms with Crippen LogP contribution in [0.5, 0.6) is 5.75 Å². The minimum absolute atomic E-state index is 0.0785. The van der Waals surface area contributed by atoms with E-state index in [1.807, 2.05) is 31.2 Å². The van der Waals surface area contributed by atoms with Gasteiger partial charge in [0, 0.05) is 51.8 Å². The van der Waals surface area contributed by atoms with Gasteiger partial charge in [0.1, 0.15) is 5.75 Å². The summed E-state index contributed by atoms with van der Waals surface area (Å²) in [7, 11) is 0. The number of ether oxygens (including phenoxy) is 1. The molecular weight excluding hydrogens is 332 g/mol. The molecule has 1 aromatic rings. The highest BCUT2D eigenvalue weighted by molar-refractivity contribution is 5.79. The van der Waals surface area contributed by atoms with Gasteiger partial charge in [0.05, 0.1) is 19.1 Å². The minimum Gasteiger partial charge on any atom is -0.494 e. The summed E-state index contributed by atoms with van der Waals surface area (Å²) in [4.78, 5) is 26.3. The van der Waals surface area contributed by atoms with Crippen LogP contribution < -0.4 is 20.7 Å². The fraction of sp³-hybridized carbons (Fsp3) is 0.579. The summed E-state index contributed by atoms with van der Waals surface area (Å²) in [5.41, 5.74) is 0.821. The van der Waals surface area contributed by atoms with Crippen molar-refractivity contribution in [3.63, 3.8) is 0 Å². The van der Waals surface area contributed by atoms with Gasteiger partial charge in [0.25, 0.3) is 0 Å². The highest BCUT2D eigenvalue weighted by Crippen LogP contribution is 2.27. The summed E-state index contributed by atoms with van der Waals surface area (Å²) in [5.74, 6) is 0.447. The molecule has 1 aromatic carbocycles. The zero-order valence-corrected chi connectivity index (χ0v) is 15.7. The molecule has 1 fully saturated rings. The van der Waals surface area contributed by atoms with Crippen molar-refractivity contribution in [2.45, 2.75) is 26.3 Å². The lowest BCUT2D eigenvalue weighted by atomic mass is 10.0. The molecule has 0 aromatic heterocycles. The summed E-state index contributed by atoms with van der Waals surface area (Å²) < 4.78 is 5.65. The summed E-state index contributed by atoms with van der Waals surface area (Å²) in [6.07, 6.45) is 0.186. The standard InChI is InChI=1S/C19H30N4O3/c1-3-26-18-7-5-4-6-16(18)17(22-15(2)24)14-19(25)21-10-13-23-11-8-20-9-12-23/h4-7,17,20H,3,8-14H2,1-2H3,(H,21,25)(H,22,24). The van der Waals surface area contributed by atoms with Crippen molar-refractivity contribution in [3.05, 3.63) is 29.8 Å². The van der Waals surface area contributed by atoms with Crippen LogP contribution in [-0.4, -0.2) is 62.6 Å². The van der Waals surface area contributed by atoms with E-state index >= 15 is 0 Å². The van der Waals surface area contributed by atoms with E-state index in [0.29, 0.717) is 18.9 Å². The topological polar surface area (TPSA) is 82.7 Å². The van der Waals surface area contributed by atoms with Crippen molar-refractivity contribution in [1.82, 2.24) is 20.9 Å². The van der Waals surface area contributed by atoms with E-state index in [1.54, 1.807) is 0 Å². The lowest BCUT2D eigenvalue weighted by molar-refractivity contribution is -0.122. The Hall–Kier alpha value is -2.12. The van der Waals surface area contributed by atoms with E-state index in [1.165, 1.54) is 6.92 Å². The van der Waals surface area contributed by atoms with E-state index in [0.717, 1.165) is 38.3 Å². The normalized spacial score (nSPS) is 15.9. The Kier molecular flexibility index (Phi) is 8.37. The first-order chi connectivity index (χ1) is 12.6. The quantitative estimate of drug-likeness (QED) is 0.602. The van der Waals surface area contributed by atoms with Crippen LogP contribution in [0.1, 0.15) is 31.9 Å². The molecule has 2 amide bonds. The molecule has 26 heavy (non-hydrogen) atoms. The lowest BCUT2D eigenvalue weighted by Crippen LogP contribution is -2.46. The molecule has 2 rings (SSSR count). The maximum absolute atomic E-state index is 12.4. The fourth-order valence-electron chi connectivity index (χ4n) is 3.09. The molecule has 7 heteroatoms. The smallest absolute Gasteiger partial charge is 0.222 e. The van der Waals surface area contributed by atoms with E-state index in [9.17, 15) is 9.59 Å². The largest absolute Gasteiger partial charge is 0.494 e. The number of piperazine rings is 1. The van der Waals surface area contributed by atoms with Gasteiger partial charge in [-0.1, -0.05) is 18.2 Å². The zero-order chi connectivity index (χ0) is 18.8. The second kappa shape index (κ2) is 10.8. The van der Waals surface area contributed by atoms with Gasteiger partial charge in [-0.3, -0.25) is 14.5 Å². The minimum atomic E-state index is -0.408. The van der Waals surface area contributed by atoms with Crippen molar-refractivity contribution < 1.29 is 14.3 Å². The SMILES string of the molecule is CCOc1ccccc1C(CC(=O)NCCN1CCNCC1)NC(C)=O. The predicted octanol–water partition coefficient (Wildman–Crippen LogP) is 0.674. The predicted molar refractivity (Wildman–Crippen MR) is 101 cm³/mol. The van der Waals surface area contributed by atoms with Crippen LogP contribution in [0.3, 0.4) is 0 Å². The molecular formula is C19H30N4O3. The van der Waals surface area contributed by atoms with E-state index in [4.69, 9.17) is 4.74 Å². The third-order valence-corrected chi connectivity index (χ3v) is 4.32. The van der Waals surface area contributed by atoms with E-state index in [-0.39, 0.29) is 18.2 Å². The summed E-state index contributed by atoms with van der Waals surface area (Å²) >= 11 is 0. The molecule has 144 valence electrons. The molecule has 0 radical (unpaired) electrons. The Morgan fingerprint density at radius 3 is 2.69 bits per heavy atom. The third-order valence-electron chi connectivity index (χ3n) is 4.32. The van der Waals surface area contributed by atoms with E-state index < -0.39 is 6.04 Å². The molecule has 1 saturated heterocycles. The Labute approximate surface area is 155 Å². The Morgan fingerprint density at radius 2 is 2.00 bits per heavy atom. The number of hydrogen-bond donors (Lipinski definition) is 3. The highest BCUT2D eigenvalue weighted by atomic mass is 16.5. The Balaban J connectivity index is 1.92. The molecule has 3 N–H and O–H groups in total. The molecule has 0 bridgehead atoms. The van der Waals surface area contributed by atoms with E-state index in [2.05, 4.69) is 20.9 Å². The van der Waals surface area contributed by atoms with Gasteiger partial charge in [0.15, 0.2) is 0 Å². The number of amides is 2. The van der Waals surface area contributed by atoms with Crippen molar-refractivity contribution >= 4 is 11.8 Å². The summed E-state index contributed by atoms with van der Waals surface area (Å²) in [5, 5.41) is 9.14. The molecule has 7 nitrogen and oxygen atoms in total. The first-order valence-corrected chi connectivity index (χ1v) is 9.28. The molecule has 1 heterocycles. The van der Waals surface area contributed by atoms with Crippen molar-refractivity contribution in [2.75, 3.05) is 45.9 Å². The van der Waals surface area contributed by atoms with Gasteiger partial charge in [-0.2, -0.15) is 0 Å². The van der Waals surface area contributed by atoms with Crippen LogP contribution in [0.4, 0.5) is 0 Å². The number of rotatable bonds is 9. The maximum atomic E-state index is 12.4. The summed E-state index contributed by atoms with van der Waals surface area (Å²) in [6, 6.07) is 7.10. The monoisotopic (exact) mass is 362 g/mol. The third kappa shape index (κ3) is 6.65. The summed E-state index contributed by atoms with van der Waals surface area (Å²) in [6.45, 7) is 9.34. The maximum Gasteiger partial charge on any atom is 0.222 e. The molecule has 0 aliphatic carbocycles. The average molecular weight is 362 g/mol. The Morgan fingerprint density at radius 1 is 1.27 bits per heavy atom. The van der Waals surface area contributed by atoms with Crippen LogP contribution in [0.15, 0.2) is 24.3 Å². The highest BCUT2D eigenvalue weighted by Gasteiger charge is 2.20. The van der Waals surface area contributed by atoms with Crippen LogP contribution in [0.25, 0.3) is 0 Å². The van der Waals surface area contributed by atoms with Crippen LogP contribution in [0.2, 0.25) is 0 Å². The Bertz CT molecular complexity index is 588. The fourth-order valence-corrected chi connectivity index (χ4v) is 3.09. The van der Waals surface area contributed by atoms with Gasteiger partial charge in [-0.05, 0) is 13.0 Å². The van der Waals surface area contributed by atoms with Crippen LogP contribution >= 0.6 is 0 Å². The molecule has 1 aliphatic heterocycles. The molecule has 0 saturated carbocycles.